The average Bonchev–Trinajstić information content (AvgIpc) is 3.11. The smallest absolute Gasteiger partial charge is 0.338 e. The monoisotopic (exact) mass is 372 g/mol. The lowest BCUT2D eigenvalue weighted by Gasteiger charge is -2.02. The summed E-state index contributed by atoms with van der Waals surface area (Å²) in [7, 11) is 1.34. The molecule has 116 valence electrons. The minimum atomic E-state index is -0.443. The lowest BCUT2D eigenvalue weighted by Crippen LogP contribution is -2.03. The third-order valence-electron chi connectivity index (χ3n) is 3.36. The van der Waals surface area contributed by atoms with Crippen molar-refractivity contribution in [2.24, 2.45) is 0 Å². The molecule has 0 bridgehead atoms. The topological polar surface area (TPSA) is 65.2 Å². The molecule has 0 N–H and O–H groups in total. The Morgan fingerprint density at radius 2 is 1.91 bits per heavy atom. The number of rotatable bonds is 4. The first-order chi connectivity index (χ1) is 11.2. The van der Waals surface area contributed by atoms with Gasteiger partial charge >= 0.3 is 5.97 Å². The van der Waals surface area contributed by atoms with Crippen molar-refractivity contribution in [2.45, 2.75) is 5.33 Å². The van der Waals surface area contributed by atoms with Crippen LogP contribution in [0.3, 0.4) is 0 Å². The molecule has 0 fully saturated rings. The Bertz CT molecular complexity index is 828. The third kappa shape index (κ3) is 3.17. The molecule has 2 aromatic carbocycles. The molecule has 0 unspecified atom stereocenters. The van der Waals surface area contributed by atoms with E-state index in [9.17, 15) is 4.79 Å². The van der Waals surface area contributed by atoms with Gasteiger partial charge in [-0.05, 0) is 17.7 Å². The molecule has 0 spiro atoms. The van der Waals surface area contributed by atoms with Crippen LogP contribution in [0.1, 0.15) is 15.9 Å². The standard InChI is InChI=1S/C17H13BrN2O3/c1-22-17(21)14-5-3-2-4-13(14)16-19-15(20-23-16)12-8-6-11(10-18)7-9-12/h2-9H,10H2,1H3. The van der Waals surface area contributed by atoms with E-state index in [-0.39, 0.29) is 5.89 Å². The highest BCUT2D eigenvalue weighted by Crippen LogP contribution is 2.26. The number of nitrogens with zero attached hydrogens (tertiary/aromatic N) is 2. The highest BCUT2D eigenvalue weighted by Gasteiger charge is 2.18. The minimum Gasteiger partial charge on any atom is -0.465 e. The predicted octanol–water partition coefficient (Wildman–Crippen LogP) is 4.09. The molecule has 1 aromatic heterocycles. The summed E-state index contributed by atoms with van der Waals surface area (Å²) in [4.78, 5) is 16.2. The van der Waals surface area contributed by atoms with Gasteiger partial charge in [-0.2, -0.15) is 4.98 Å². The fourth-order valence-corrected chi connectivity index (χ4v) is 2.52. The number of methoxy groups -OCH3 is 1. The molecule has 0 aliphatic rings. The van der Waals surface area contributed by atoms with Gasteiger partial charge in [0.1, 0.15) is 0 Å². The lowest BCUT2D eigenvalue weighted by atomic mass is 10.1. The molecule has 0 radical (unpaired) electrons. The SMILES string of the molecule is COC(=O)c1ccccc1-c1nc(-c2ccc(CBr)cc2)no1. The van der Waals surface area contributed by atoms with Crippen molar-refractivity contribution < 1.29 is 14.1 Å². The number of hydrogen-bond acceptors (Lipinski definition) is 5. The second-order valence-electron chi connectivity index (χ2n) is 4.79. The summed E-state index contributed by atoms with van der Waals surface area (Å²) < 4.78 is 10.1. The first-order valence-corrected chi connectivity index (χ1v) is 8.02. The summed E-state index contributed by atoms with van der Waals surface area (Å²) in [5.41, 5.74) is 2.95. The largest absolute Gasteiger partial charge is 0.465 e. The second kappa shape index (κ2) is 6.75. The molecule has 3 rings (SSSR count). The zero-order valence-electron chi connectivity index (χ0n) is 12.3. The maximum absolute atomic E-state index is 11.8. The van der Waals surface area contributed by atoms with E-state index in [0.29, 0.717) is 17.0 Å². The lowest BCUT2D eigenvalue weighted by molar-refractivity contribution is 0.0601. The van der Waals surface area contributed by atoms with Crippen molar-refractivity contribution in [2.75, 3.05) is 7.11 Å². The molecule has 0 amide bonds. The number of benzene rings is 2. The van der Waals surface area contributed by atoms with Gasteiger partial charge in [0.25, 0.3) is 5.89 Å². The average molecular weight is 373 g/mol. The Balaban J connectivity index is 1.97. The van der Waals surface area contributed by atoms with Crippen LogP contribution >= 0.6 is 15.9 Å². The van der Waals surface area contributed by atoms with Gasteiger partial charge in [-0.3, -0.25) is 0 Å². The van der Waals surface area contributed by atoms with Crippen LogP contribution in [0, 0.1) is 0 Å². The van der Waals surface area contributed by atoms with Crippen LogP contribution in [0.4, 0.5) is 0 Å². The third-order valence-corrected chi connectivity index (χ3v) is 4.00. The molecule has 23 heavy (non-hydrogen) atoms. The number of esters is 1. The number of halogens is 1. The molecule has 0 aliphatic heterocycles. The molecule has 5 nitrogen and oxygen atoms in total. The quantitative estimate of drug-likeness (QED) is 0.509. The van der Waals surface area contributed by atoms with E-state index < -0.39 is 5.97 Å². The number of hydrogen-bond donors (Lipinski definition) is 0. The molecule has 0 atom stereocenters. The first-order valence-electron chi connectivity index (χ1n) is 6.89. The van der Waals surface area contributed by atoms with Gasteiger partial charge in [-0.1, -0.05) is 57.5 Å². The normalized spacial score (nSPS) is 10.5. The summed E-state index contributed by atoms with van der Waals surface area (Å²) in [6.07, 6.45) is 0. The number of alkyl halides is 1. The first kappa shape index (κ1) is 15.4. The Kier molecular flexibility index (Phi) is 4.52. The summed E-state index contributed by atoms with van der Waals surface area (Å²) in [5.74, 6) is 0.313. The Morgan fingerprint density at radius 1 is 1.17 bits per heavy atom. The fourth-order valence-electron chi connectivity index (χ4n) is 2.15. The van der Waals surface area contributed by atoms with Crippen LogP contribution in [-0.4, -0.2) is 23.2 Å². The van der Waals surface area contributed by atoms with Crippen LogP contribution in [0.5, 0.6) is 0 Å². The van der Waals surface area contributed by atoms with E-state index in [1.807, 2.05) is 24.3 Å². The van der Waals surface area contributed by atoms with E-state index in [0.717, 1.165) is 16.5 Å². The van der Waals surface area contributed by atoms with Crippen LogP contribution in [0.2, 0.25) is 0 Å². The number of carbonyl (C=O) groups excluding carboxylic acids is 1. The molecule has 0 aliphatic carbocycles. The minimum absolute atomic E-state index is 0.283. The van der Waals surface area contributed by atoms with Crippen LogP contribution in [0.25, 0.3) is 22.8 Å². The molecule has 1 heterocycles. The second-order valence-corrected chi connectivity index (χ2v) is 5.35. The summed E-state index contributed by atoms with van der Waals surface area (Å²) in [6, 6.07) is 14.8. The predicted molar refractivity (Wildman–Crippen MR) is 89.1 cm³/mol. The van der Waals surface area contributed by atoms with Crippen LogP contribution < -0.4 is 0 Å². The van der Waals surface area contributed by atoms with Crippen molar-refractivity contribution in [3.63, 3.8) is 0 Å². The Labute approximate surface area is 141 Å². The highest BCUT2D eigenvalue weighted by molar-refractivity contribution is 9.08. The van der Waals surface area contributed by atoms with Crippen molar-refractivity contribution in [1.82, 2.24) is 10.1 Å². The van der Waals surface area contributed by atoms with E-state index in [1.54, 1.807) is 24.3 Å². The summed E-state index contributed by atoms with van der Waals surface area (Å²) >= 11 is 3.41. The zero-order chi connectivity index (χ0) is 16.2. The van der Waals surface area contributed by atoms with Crippen molar-refractivity contribution >= 4 is 21.9 Å². The summed E-state index contributed by atoms with van der Waals surface area (Å²) in [5, 5.41) is 4.78. The maximum atomic E-state index is 11.8. The van der Waals surface area contributed by atoms with Crippen molar-refractivity contribution in [1.29, 1.82) is 0 Å². The Morgan fingerprint density at radius 3 is 2.61 bits per heavy atom. The van der Waals surface area contributed by atoms with Gasteiger partial charge in [0.2, 0.25) is 5.82 Å². The number of ether oxygens (including phenoxy) is 1. The fraction of sp³-hybridized carbons (Fsp3) is 0.118. The van der Waals surface area contributed by atoms with Gasteiger partial charge in [-0.25, -0.2) is 4.79 Å². The number of carbonyl (C=O) groups is 1. The molecule has 3 aromatic rings. The van der Waals surface area contributed by atoms with Gasteiger partial charge in [0.05, 0.1) is 18.2 Å². The van der Waals surface area contributed by atoms with E-state index in [4.69, 9.17) is 9.26 Å². The zero-order valence-corrected chi connectivity index (χ0v) is 13.9. The molecular formula is C17H13BrN2O3. The van der Waals surface area contributed by atoms with Crippen molar-refractivity contribution in [3.8, 4) is 22.8 Å². The molecule has 0 saturated carbocycles. The molecular weight excluding hydrogens is 360 g/mol. The number of aromatic nitrogens is 2. The maximum Gasteiger partial charge on any atom is 0.338 e. The highest BCUT2D eigenvalue weighted by atomic mass is 79.9. The van der Waals surface area contributed by atoms with Gasteiger partial charge < -0.3 is 9.26 Å². The van der Waals surface area contributed by atoms with Crippen molar-refractivity contribution in [3.05, 3.63) is 59.7 Å². The van der Waals surface area contributed by atoms with Crippen LogP contribution in [-0.2, 0) is 10.1 Å². The van der Waals surface area contributed by atoms with Gasteiger partial charge in [0.15, 0.2) is 0 Å². The summed E-state index contributed by atoms with van der Waals surface area (Å²) in [6.45, 7) is 0. The van der Waals surface area contributed by atoms with Crippen LogP contribution in [0.15, 0.2) is 53.1 Å². The molecule has 6 heteroatoms. The van der Waals surface area contributed by atoms with Gasteiger partial charge in [-0.15, -0.1) is 0 Å². The van der Waals surface area contributed by atoms with E-state index >= 15 is 0 Å². The van der Waals surface area contributed by atoms with Gasteiger partial charge in [0, 0.05) is 10.9 Å². The van der Waals surface area contributed by atoms with E-state index in [2.05, 4.69) is 26.1 Å². The molecule has 0 saturated heterocycles. The Hall–Kier alpha value is -2.47. The van der Waals surface area contributed by atoms with E-state index in [1.165, 1.54) is 7.11 Å².